The number of piperidine rings is 1. The quantitative estimate of drug-likeness (QED) is 0.295. The van der Waals surface area contributed by atoms with Gasteiger partial charge in [0.05, 0.1) is 10.4 Å². The Morgan fingerprint density at radius 1 is 1.02 bits per heavy atom. The average molecular weight is 642 g/mol. The van der Waals surface area contributed by atoms with Crippen LogP contribution in [0.5, 0.6) is 5.75 Å². The molecule has 224 valence electrons. The predicted octanol–water partition coefficient (Wildman–Crippen LogP) is 5.04. The number of amides is 2. The van der Waals surface area contributed by atoms with E-state index in [0.29, 0.717) is 37.1 Å². The van der Waals surface area contributed by atoms with E-state index in [2.05, 4.69) is 46.6 Å². The van der Waals surface area contributed by atoms with E-state index >= 15 is 0 Å². The molecular weight excluding hydrogens is 605 g/mol. The molecule has 0 radical (unpaired) electrons. The number of nitrogens with zero attached hydrogens (tertiary/aromatic N) is 3. The van der Waals surface area contributed by atoms with E-state index in [9.17, 15) is 22.8 Å². The topological polar surface area (TPSA) is 108 Å². The van der Waals surface area contributed by atoms with E-state index in [1.165, 1.54) is 30.7 Å². The highest BCUT2D eigenvalue weighted by Gasteiger charge is 2.32. The summed E-state index contributed by atoms with van der Waals surface area (Å²) < 4.78 is 41.7. The Morgan fingerprint density at radius 3 is 2.41 bits per heavy atom. The minimum atomic E-state index is -4.74. The smallest absolute Gasteiger partial charge is 0.406 e. The van der Waals surface area contributed by atoms with Crippen molar-refractivity contribution in [1.29, 1.82) is 0 Å². The average Bonchev–Trinajstić information content (AvgIpc) is 2.96. The molecule has 9 nitrogen and oxygen atoms in total. The van der Waals surface area contributed by atoms with Crippen molar-refractivity contribution in [2.75, 3.05) is 36.4 Å². The van der Waals surface area contributed by atoms with Crippen LogP contribution >= 0.6 is 15.9 Å². The zero-order valence-electron chi connectivity index (χ0n) is 22.8. The minimum absolute atomic E-state index is 0.137. The van der Waals surface area contributed by atoms with E-state index in [0.717, 1.165) is 49.5 Å². The number of rotatable bonds is 11. The van der Waals surface area contributed by atoms with Crippen LogP contribution in [0.1, 0.15) is 51.4 Å². The van der Waals surface area contributed by atoms with Gasteiger partial charge in [0.2, 0.25) is 17.8 Å². The molecule has 0 bridgehead atoms. The maximum atomic E-state index is 13.4. The van der Waals surface area contributed by atoms with Gasteiger partial charge in [-0.3, -0.25) is 9.59 Å². The summed E-state index contributed by atoms with van der Waals surface area (Å²) in [5.74, 6) is 0.0175. The molecule has 2 amide bonds. The van der Waals surface area contributed by atoms with Gasteiger partial charge in [-0.25, -0.2) is 9.97 Å². The van der Waals surface area contributed by atoms with Gasteiger partial charge in [0.25, 0.3) is 0 Å². The highest BCUT2D eigenvalue weighted by Crippen LogP contribution is 2.28. The summed E-state index contributed by atoms with van der Waals surface area (Å²) in [7, 11) is 0. The Labute approximate surface area is 246 Å². The second kappa shape index (κ2) is 14.7. The highest BCUT2D eigenvalue weighted by atomic mass is 79.9. The number of hydrogen-bond donors (Lipinski definition) is 3. The van der Waals surface area contributed by atoms with Gasteiger partial charge in [0.15, 0.2) is 0 Å². The normalized spacial score (nSPS) is 18.8. The van der Waals surface area contributed by atoms with Crippen LogP contribution in [-0.2, 0) is 9.59 Å². The number of aromatic nitrogens is 2. The monoisotopic (exact) mass is 640 g/mol. The standard InChI is InChI=1S/C28H36BrF3N6O3/c29-21-16-35-27(36-17-21)38-14-4-7-20(18-38)25(39)37-24(15-19-5-2-1-3-6-19)26(40)34-13-12-33-22-8-10-23(11-9-22)41-28(30,31)32/h8-11,16-17,19-20,24,33H,1-7,12-15,18H2,(H,34,40)(H,37,39)/t20?,24-/m0/s1. The first kappa shape index (κ1) is 30.9. The molecule has 1 unspecified atom stereocenters. The van der Waals surface area contributed by atoms with Gasteiger partial charge in [0, 0.05) is 44.3 Å². The van der Waals surface area contributed by atoms with Crippen molar-refractivity contribution in [3.63, 3.8) is 0 Å². The number of carbonyl (C=O) groups excluding carboxylic acids is 2. The number of ether oxygens (including phenoxy) is 1. The van der Waals surface area contributed by atoms with Crippen LogP contribution in [0.3, 0.4) is 0 Å². The van der Waals surface area contributed by atoms with Crippen molar-refractivity contribution in [2.24, 2.45) is 11.8 Å². The van der Waals surface area contributed by atoms with Gasteiger partial charge in [-0.1, -0.05) is 32.1 Å². The van der Waals surface area contributed by atoms with Crippen molar-refractivity contribution in [1.82, 2.24) is 20.6 Å². The third kappa shape index (κ3) is 10.0. The molecule has 1 aromatic carbocycles. The summed E-state index contributed by atoms with van der Waals surface area (Å²) in [4.78, 5) is 37.3. The molecule has 1 aromatic heterocycles. The molecule has 1 saturated heterocycles. The summed E-state index contributed by atoms with van der Waals surface area (Å²) in [6.45, 7) is 1.90. The van der Waals surface area contributed by atoms with Crippen LogP contribution in [0.4, 0.5) is 24.8 Å². The second-order valence-electron chi connectivity index (χ2n) is 10.6. The van der Waals surface area contributed by atoms with Crippen molar-refractivity contribution in [3.05, 3.63) is 41.1 Å². The molecule has 2 aromatic rings. The van der Waals surface area contributed by atoms with E-state index < -0.39 is 12.4 Å². The first-order chi connectivity index (χ1) is 19.7. The molecular formula is C28H36BrF3N6O3. The lowest BCUT2D eigenvalue weighted by atomic mass is 9.84. The van der Waals surface area contributed by atoms with Crippen LogP contribution in [0.15, 0.2) is 41.1 Å². The number of nitrogens with one attached hydrogen (secondary N) is 3. The van der Waals surface area contributed by atoms with Gasteiger partial charge in [-0.15, -0.1) is 13.2 Å². The van der Waals surface area contributed by atoms with Crippen LogP contribution in [-0.4, -0.2) is 60.4 Å². The third-order valence-electron chi connectivity index (χ3n) is 7.45. The minimum Gasteiger partial charge on any atom is -0.406 e. The second-order valence-corrected chi connectivity index (χ2v) is 11.5. The molecule has 41 heavy (non-hydrogen) atoms. The fraction of sp³-hybridized carbons (Fsp3) is 0.571. The summed E-state index contributed by atoms with van der Waals surface area (Å²) in [5, 5.41) is 9.02. The van der Waals surface area contributed by atoms with Crippen molar-refractivity contribution in [3.8, 4) is 5.75 Å². The maximum absolute atomic E-state index is 13.4. The number of alkyl halides is 3. The first-order valence-corrected chi connectivity index (χ1v) is 14.9. The van der Waals surface area contributed by atoms with Crippen LogP contribution in [0.25, 0.3) is 0 Å². The van der Waals surface area contributed by atoms with Crippen molar-refractivity contribution in [2.45, 2.75) is 63.8 Å². The predicted molar refractivity (Wildman–Crippen MR) is 152 cm³/mol. The largest absolute Gasteiger partial charge is 0.573 e. The summed E-state index contributed by atoms with van der Waals surface area (Å²) >= 11 is 3.34. The molecule has 4 rings (SSSR count). The zero-order chi connectivity index (χ0) is 29.2. The summed E-state index contributed by atoms with van der Waals surface area (Å²) in [6, 6.07) is 4.76. The summed E-state index contributed by atoms with van der Waals surface area (Å²) in [5.41, 5.74) is 0.595. The van der Waals surface area contributed by atoms with Crippen molar-refractivity contribution < 1.29 is 27.5 Å². The molecule has 1 saturated carbocycles. The van der Waals surface area contributed by atoms with Crippen LogP contribution in [0.2, 0.25) is 0 Å². The Balaban J connectivity index is 1.29. The van der Waals surface area contributed by atoms with E-state index in [4.69, 9.17) is 0 Å². The Hall–Kier alpha value is -3.09. The molecule has 0 spiro atoms. The van der Waals surface area contributed by atoms with Gasteiger partial charge in [0.1, 0.15) is 11.8 Å². The lowest BCUT2D eigenvalue weighted by molar-refractivity contribution is -0.274. The fourth-order valence-electron chi connectivity index (χ4n) is 5.41. The third-order valence-corrected chi connectivity index (χ3v) is 7.86. The SMILES string of the molecule is O=C(N[C@@H](CC1CCCCC1)C(=O)NCCNc1ccc(OC(F)(F)F)cc1)C1CCCN(c2ncc(Br)cn2)C1. The maximum Gasteiger partial charge on any atom is 0.573 e. The van der Waals surface area contributed by atoms with Crippen molar-refractivity contribution >= 4 is 39.4 Å². The van der Waals surface area contributed by atoms with Gasteiger partial charge in [-0.2, -0.15) is 0 Å². The molecule has 1 aliphatic heterocycles. The number of halogens is 4. The van der Waals surface area contributed by atoms with Crippen LogP contribution < -0.4 is 25.6 Å². The molecule has 3 N–H and O–H groups in total. The van der Waals surface area contributed by atoms with Crippen LogP contribution in [0, 0.1) is 11.8 Å². The Kier molecular flexibility index (Phi) is 11.1. The van der Waals surface area contributed by atoms with Gasteiger partial charge >= 0.3 is 6.36 Å². The lowest BCUT2D eigenvalue weighted by Gasteiger charge is -2.33. The molecule has 2 atom stereocenters. The lowest BCUT2D eigenvalue weighted by Crippen LogP contribution is -2.52. The van der Waals surface area contributed by atoms with E-state index in [1.54, 1.807) is 12.4 Å². The summed E-state index contributed by atoms with van der Waals surface area (Å²) in [6.07, 6.45) is 6.34. The van der Waals surface area contributed by atoms with E-state index in [-0.39, 0.29) is 30.0 Å². The van der Waals surface area contributed by atoms with Gasteiger partial charge < -0.3 is 25.6 Å². The Bertz CT molecular complexity index is 1130. The molecule has 2 fully saturated rings. The Morgan fingerprint density at radius 2 is 1.73 bits per heavy atom. The number of benzene rings is 1. The molecule has 1 aliphatic carbocycles. The van der Waals surface area contributed by atoms with Gasteiger partial charge in [-0.05, 0) is 65.4 Å². The molecule has 2 aliphatic rings. The number of carbonyl (C=O) groups is 2. The first-order valence-electron chi connectivity index (χ1n) is 14.1. The molecule has 13 heteroatoms. The zero-order valence-corrected chi connectivity index (χ0v) is 24.3. The molecule has 2 heterocycles. The fourth-order valence-corrected chi connectivity index (χ4v) is 5.61. The number of hydrogen-bond acceptors (Lipinski definition) is 7. The van der Waals surface area contributed by atoms with E-state index in [1.807, 2.05) is 4.90 Å². The highest BCUT2D eigenvalue weighted by molar-refractivity contribution is 9.10. The number of anilines is 2.